The van der Waals surface area contributed by atoms with Gasteiger partial charge in [0.2, 0.25) is 0 Å². The summed E-state index contributed by atoms with van der Waals surface area (Å²) < 4.78 is 51.0. The van der Waals surface area contributed by atoms with Crippen LogP contribution in [-0.2, 0) is 22.6 Å². The standard InChI is InChI=1S/C29H28F2N2O7/c1-5-39-14-16-11-22(37-3)24(23(12-16)38-4)18-10-9-17(26-27(18)40-15(2)32-26)13-21(29(35)36)33-28(34)25-19(30)7-6-8-20(25)31/h6-12,21H,5,13-14H2,1-4H3,(H,33,34)(H,35,36). The van der Waals surface area contributed by atoms with Gasteiger partial charge in [0.25, 0.3) is 5.91 Å². The molecule has 210 valence electrons. The van der Waals surface area contributed by atoms with Crippen molar-refractivity contribution in [1.82, 2.24) is 10.3 Å². The maximum absolute atomic E-state index is 14.1. The molecule has 0 bridgehead atoms. The van der Waals surface area contributed by atoms with E-state index in [1.54, 1.807) is 19.1 Å². The molecule has 4 aromatic rings. The highest BCUT2D eigenvalue weighted by atomic mass is 19.1. The molecule has 11 heteroatoms. The van der Waals surface area contributed by atoms with Gasteiger partial charge in [0.05, 0.1) is 26.4 Å². The fourth-order valence-electron chi connectivity index (χ4n) is 4.43. The molecule has 0 aliphatic heterocycles. The van der Waals surface area contributed by atoms with Crippen LogP contribution in [0.2, 0.25) is 0 Å². The molecular weight excluding hydrogens is 526 g/mol. The smallest absolute Gasteiger partial charge is 0.326 e. The fraction of sp³-hybridized carbons (Fsp3) is 0.276. The van der Waals surface area contributed by atoms with Gasteiger partial charge in [-0.2, -0.15) is 0 Å². The first kappa shape index (κ1) is 28.5. The van der Waals surface area contributed by atoms with Crippen molar-refractivity contribution < 1.29 is 42.1 Å². The molecule has 1 aromatic heterocycles. The number of amides is 1. The van der Waals surface area contributed by atoms with Crippen LogP contribution in [0.1, 0.15) is 34.3 Å². The van der Waals surface area contributed by atoms with Crippen LogP contribution in [-0.4, -0.2) is 48.8 Å². The number of carbonyl (C=O) groups is 2. The van der Waals surface area contributed by atoms with Gasteiger partial charge in [0.15, 0.2) is 11.5 Å². The number of hydrogen-bond donors (Lipinski definition) is 2. The highest BCUT2D eigenvalue weighted by Crippen LogP contribution is 2.43. The molecule has 4 rings (SSSR count). The summed E-state index contributed by atoms with van der Waals surface area (Å²) in [7, 11) is 3.05. The average molecular weight is 555 g/mol. The summed E-state index contributed by atoms with van der Waals surface area (Å²) in [5.41, 5.74) is 2.29. The molecular formula is C29H28F2N2O7. The van der Waals surface area contributed by atoms with Crippen molar-refractivity contribution in [3.8, 4) is 22.6 Å². The SMILES string of the molecule is CCOCc1cc(OC)c(-c2ccc(CC(NC(=O)c3c(F)cccc3F)C(=O)O)c3nc(C)oc23)c(OC)c1. The van der Waals surface area contributed by atoms with Gasteiger partial charge in [-0.05, 0) is 48.4 Å². The van der Waals surface area contributed by atoms with Gasteiger partial charge in [-0.25, -0.2) is 18.6 Å². The highest BCUT2D eigenvalue weighted by molar-refractivity contribution is 5.98. The van der Waals surface area contributed by atoms with Crippen LogP contribution in [0, 0.1) is 18.6 Å². The number of carboxylic acid groups (broad SMARTS) is 1. The number of benzene rings is 3. The number of aryl methyl sites for hydroxylation is 1. The maximum Gasteiger partial charge on any atom is 0.326 e. The van der Waals surface area contributed by atoms with E-state index in [2.05, 4.69) is 10.3 Å². The molecule has 1 unspecified atom stereocenters. The molecule has 0 aliphatic carbocycles. The number of fused-ring (bicyclic) bond motifs is 1. The van der Waals surface area contributed by atoms with Gasteiger partial charge in [0.1, 0.15) is 40.3 Å². The average Bonchev–Trinajstić information content (AvgIpc) is 3.32. The number of oxazole rings is 1. The predicted molar refractivity (Wildman–Crippen MR) is 142 cm³/mol. The number of carboxylic acids is 1. The van der Waals surface area contributed by atoms with Crippen LogP contribution < -0.4 is 14.8 Å². The van der Waals surface area contributed by atoms with Crippen molar-refractivity contribution in [1.29, 1.82) is 0 Å². The van der Waals surface area contributed by atoms with Gasteiger partial charge in [-0.1, -0.05) is 12.1 Å². The quantitative estimate of drug-likeness (QED) is 0.264. The molecule has 0 saturated carbocycles. The Morgan fingerprint density at radius 1 is 1.07 bits per heavy atom. The Kier molecular flexibility index (Phi) is 8.64. The van der Waals surface area contributed by atoms with E-state index in [9.17, 15) is 23.5 Å². The third-order valence-electron chi connectivity index (χ3n) is 6.26. The number of aliphatic carboxylic acids is 1. The Labute approximate surface area is 228 Å². The number of ether oxygens (including phenoxy) is 3. The van der Waals surface area contributed by atoms with Crippen LogP contribution >= 0.6 is 0 Å². The van der Waals surface area contributed by atoms with Crippen molar-refractivity contribution in [3.05, 3.63) is 76.7 Å². The Bertz CT molecular complexity index is 1520. The number of nitrogens with zero attached hydrogens (tertiary/aromatic N) is 1. The predicted octanol–water partition coefficient (Wildman–Crippen LogP) is 5.06. The van der Waals surface area contributed by atoms with Crippen LogP contribution in [0.5, 0.6) is 11.5 Å². The second-order valence-electron chi connectivity index (χ2n) is 8.86. The minimum Gasteiger partial charge on any atom is -0.496 e. The molecule has 1 heterocycles. The van der Waals surface area contributed by atoms with E-state index in [0.29, 0.717) is 58.4 Å². The third-order valence-corrected chi connectivity index (χ3v) is 6.26. The van der Waals surface area contributed by atoms with Crippen LogP contribution in [0.4, 0.5) is 8.78 Å². The first-order valence-electron chi connectivity index (χ1n) is 12.4. The first-order chi connectivity index (χ1) is 19.2. The molecule has 9 nitrogen and oxygen atoms in total. The summed E-state index contributed by atoms with van der Waals surface area (Å²) in [5, 5.41) is 12.0. The lowest BCUT2D eigenvalue weighted by Crippen LogP contribution is -2.43. The molecule has 1 atom stereocenters. The van der Waals surface area contributed by atoms with E-state index in [4.69, 9.17) is 18.6 Å². The van der Waals surface area contributed by atoms with Crippen molar-refractivity contribution >= 4 is 23.0 Å². The van der Waals surface area contributed by atoms with Gasteiger partial charge in [0, 0.05) is 25.5 Å². The van der Waals surface area contributed by atoms with E-state index in [1.807, 2.05) is 19.1 Å². The summed E-state index contributed by atoms with van der Waals surface area (Å²) >= 11 is 0. The number of aromatic nitrogens is 1. The van der Waals surface area contributed by atoms with Crippen LogP contribution in [0.15, 0.2) is 46.9 Å². The van der Waals surface area contributed by atoms with E-state index < -0.39 is 35.1 Å². The lowest BCUT2D eigenvalue weighted by atomic mass is 9.96. The van der Waals surface area contributed by atoms with E-state index >= 15 is 0 Å². The van der Waals surface area contributed by atoms with Crippen molar-refractivity contribution in [2.75, 3.05) is 20.8 Å². The van der Waals surface area contributed by atoms with Crippen molar-refractivity contribution in [2.24, 2.45) is 0 Å². The molecule has 0 fully saturated rings. The Morgan fingerprint density at radius 2 is 1.73 bits per heavy atom. The lowest BCUT2D eigenvalue weighted by Gasteiger charge is -2.18. The normalized spacial score (nSPS) is 11.8. The van der Waals surface area contributed by atoms with Gasteiger partial charge >= 0.3 is 5.97 Å². The number of rotatable bonds is 11. The zero-order valence-corrected chi connectivity index (χ0v) is 22.3. The highest BCUT2D eigenvalue weighted by Gasteiger charge is 2.27. The van der Waals surface area contributed by atoms with Crippen molar-refractivity contribution in [3.63, 3.8) is 0 Å². The second kappa shape index (κ2) is 12.1. The summed E-state index contributed by atoms with van der Waals surface area (Å²) in [6.45, 7) is 4.44. The minimum atomic E-state index is -1.51. The topological polar surface area (TPSA) is 120 Å². The van der Waals surface area contributed by atoms with Gasteiger partial charge < -0.3 is 29.1 Å². The Hall–Kier alpha value is -4.51. The van der Waals surface area contributed by atoms with Gasteiger partial charge in [-0.3, -0.25) is 4.79 Å². The fourth-order valence-corrected chi connectivity index (χ4v) is 4.43. The maximum atomic E-state index is 14.1. The van der Waals surface area contributed by atoms with E-state index in [1.165, 1.54) is 14.2 Å². The monoisotopic (exact) mass is 554 g/mol. The molecule has 0 spiro atoms. The molecule has 3 aromatic carbocycles. The zero-order chi connectivity index (χ0) is 29.0. The summed E-state index contributed by atoms with van der Waals surface area (Å²) in [6, 6.07) is 8.45. The minimum absolute atomic E-state index is 0.235. The van der Waals surface area contributed by atoms with Gasteiger partial charge in [-0.15, -0.1) is 0 Å². The van der Waals surface area contributed by atoms with E-state index in [-0.39, 0.29) is 6.42 Å². The molecule has 0 aliphatic rings. The second-order valence-corrected chi connectivity index (χ2v) is 8.86. The number of hydrogen-bond acceptors (Lipinski definition) is 7. The molecule has 1 amide bonds. The van der Waals surface area contributed by atoms with Crippen LogP contribution in [0.25, 0.3) is 22.2 Å². The number of nitrogens with one attached hydrogen (secondary N) is 1. The largest absolute Gasteiger partial charge is 0.496 e. The molecule has 2 N–H and O–H groups in total. The molecule has 0 radical (unpaired) electrons. The van der Waals surface area contributed by atoms with Crippen molar-refractivity contribution in [2.45, 2.75) is 32.9 Å². The zero-order valence-electron chi connectivity index (χ0n) is 22.3. The molecule has 40 heavy (non-hydrogen) atoms. The summed E-state index contributed by atoms with van der Waals surface area (Å²) in [5.74, 6) is -3.46. The lowest BCUT2D eigenvalue weighted by molar-refractivity contribution is -0.139. The Balaban J connectivity index is 1.75. The number of methoxy groups -OCH3 is 2. The third kappa shape index (κ3) is 5.74. The number of carbonyl (C=O) groups excluding carboxylic acids is 1. The van der Waals surface area contributed by atoms with E-state index in [0.717, 1.165) is 23.8 Å². The summed E-state index contributed by atoms with van der Waals surface area (Å²) in [6.07, 6.45) is -0.235. The molecule has 0 saturated heterocycles. The van der Waals surface area contributed by atoms with Crippen LogP contribution in [0.3, 0.4) is 0 Å². The summed E-state index contributed by atoms with van der Waals surface area (Å²) in [4.78, 5) is 29.1. The first-order valence-corrected chi connectivity index (χ1v) is 12.4. The number of halogens is 2. The Morgan fingerprint density at radius 3 is 2.30 bits per heavy atom.